The van der Waals surface area contributed by atoms with Gasteiger partial charge >= 0.3 is 5.97 Å². The van der Waals surface area contributed by atoms with E-state index < -0.39 is 86.2 Å². The molecule has 2 saturated heterocycles. The van der Waals surface area contributed by atoms with Gasteiger partial charge in [-0.15, -0.1) is 10.2 Å². The van der Waals surface area contributed by atoms with Crippen molar-refractivity contribution in [3.63, 3.8) is 0 Å². The summed E-state index contributed by atoms with van der Waals surface area (Å²) in [4.78, 5) is 26.5. The Labute approximate surface area is 313 Å². The van der Waals surface area contributed by atoms with Crippen molar-refractivity contribution >= 4 is 17.3 Å². The van der Waals surface area contributed by atoms with Crippen LogP contribution in [0.2, 0.25) is 0 Å². The summed E-state index contributed by atoms with van der Waals surface area (Å²) in [5, 5.41) is 94.1. The standard InChI is InChI=1S/C37H42N4O14/c1-16-10-11-21(12-17(16)2)41-34(50)26(18(3)40-41)39-38-23-9-5-8-22(27(23)44)19-6-4-7-20(13-19)35(51)55-37-32(49)30(47)33(25(15-43)53-37)54-36-31(48)29(46)28(45)24(14-42)52-36/h4-13,24-25,28-33,36-37,40,42-49H,14-15H2,1-3H3/t24-,25-,28+,29+,30-,31-,32-,33-,36+,37+/m1/s1. The molecule has 0 unspecified atom stereocenters. The Bertz CT molecular complexity index is 2100. The third-order valence-electron chi connectivity index (χ3n) is 9.65. The first-order valence-corrected chi connectivity index (χ1v) is 17.3. The Morgan fingerprint density at radius 2 is 1.49 bits per heavy atom. The van der Waals surface area contributed by atoms with E-state index in [9.17, 15) is 50.4 Å². The molecule has 18 nitrogen and oxygen atoms in total. The number of nitrogens with one attached hydrogen (secondary N) is 1. The van der Waals surface area contributed by atoms with E-state index in [1.807, 2.05) is 26.0 Å². The number of aliphatic hydroxyl groups is 7. The zero-order valence-corrected chi connectivity index (χ0v) is 29.8. The maximum absolute atomic E-state index is 13.3. The van der Waals surface area contributed by atoms with Gasteiger partial charge in [0, 0.05) is 5.56 Å². The number of esters is 1. The van der Waals surface area contributed by atoms with Crippen LogP contribution in [0.4, 0.5) is 11.4 Å². The minimum absolute atomic E-state index is 0.0338. The van der Waals surface area contributed by atoms with Crippen molar-refractivity contribution in [2.24, 2.45) is 10.2 Å². The van der Waals surface area contributed by atoms with Gasteiger partial charge in [-0.25, -0.2) is 9.48 Å². The molecule has 4 aromatic rings. The summed E-state index contributed by atoms with van der Waals surface area (Å²) in [6.07, 6.45) is -17.1. The number of benzene rings is 3. The third kappa shape index (κ3) is 7.96. The van der Waals surface area contributed by atoms with Gasteiger partial charge in [-0.05, 0) is 67.8 Å². The number of aromatic hydroxyl groups is 1. The van der Waals surface area contributed by atoms with E-state index in [2.05, 4.69) is 15.3 Å². The number of carbonyl (C=O) groups is 1. The molecule has 2 aliphatic rings. The number of azo groups is 1. The zero-order valence-electron chi connectivity index (χ0n) is 29.8. The van der Waals surface area contributed by atoms with Gasteiger partial charge in [-0.3, -0.25) is 9.89 Å². The van der Waals surface area contributed by atoms with Crippen molar-refractivity contribution in [2.45, 2.75) is 82.2 Å². The summed E-state index contributed by atoms with van der Waals surface area (Å²) < 4.78 is 23.1. The van der Waals surface area contributed by atoms with Gasteiger partial charge in [0.05, 0.1) is 30.2 Å². The SMILES string of the molecule is Cc1ccc(-n2[nH]c(C)c(N=Nc3cccc(-c4cccc(C(=O)O[C@@H]5O[C@H](CO)[C@@H](O[C@@H]6O[C@H](CO)[C@H](O)[C@H](O)[C@H]6O)[C@H](O)[C@H]5O)c4)c3O)c2=O)cc1C. The largest absolute Gasteiger partial charge is 0.505 e. The molecular weight excluding hydrogens is 724 g/mol. The fourth-order valence-electron chi connectivity index (χ4n) is 6.29. The number of nitrogens with zero attached hydrogens (tertiary/aromatic N) is 3. The first-order valence-electron chi connectivity index (χ1n) is 17.3. The maximum atomic E-state index is 13.3. The number of rotatable bonds is 10. The third-order valence-corrected chi connectivity index (χ3v) is 9.65. The smallest absolute Gasteiger partial charge is 0.340 e. The molecule has 0 aliphatic carbocycles. The number of phenols is 1. The zero-order chi connectivity index (χ0) is 39.7. The number of aliphatic hydroxyl groups excluding tert-OH is 7. The van der Waals surface area contributed by atoms with Gasteiger partial charge in [-0.2, -0.15) is 0 Å². The second-order valence-corrected chi connectivity index (χ2v) is 13.4. The van der Waals surface area contributed by atoms with E-state index in [0.717, 1.165) is 11.1 Å². The highest BCUT2D eigenvalue weighted by Gasteiger charge is 2.51. The van der Waals surface area contributed by atoms with E-state index >= 15 is 0 Å². The molecule has 2 fully saturated rings. The Morgan fingerprint density at radius 3 is 2.20 bits per heavy atom. The molecule has 9 N–H and O–H groups in total. The van der Waals surface area contributed by atoms with Crippen LogP contribution in [0.3, 0.4) is 0 Å². The summed E-state index contributed by atoms with van der Waals surface area (Å²) >= 11 is 0. The summed E-state index contributed by atoms with van der Waals surface area (Å²) in [5.74, 6) is -1.31. The van der Waals surface area contributed by atoms with E-state index in [4.69, 9.17) is 18.9 Å². The molecule has 3 heterocycles. The topological polar surface area (TPSA) is 278 Å². The predicted octanol–water partition coefficient (Wildman–Crippen LogP) is 0.660. The highest BCUT2D eigenvalue weighted by atomic mass is 16.7. The quantitative estimate of drug-likeness (QED) is 0.0793. The summed E-state index contributed by atoms with van der Waals surface area (Å²) in [7, 11) is 0. The lowest BCUT2D eigenvalue weighted by Crippen LogP contribution is -2.64. The molecule has 0 bridgehead atoms. The van der Waals surface area contributed by atoms with E-state index in [0.29, 0.717) is 16.9 Å². The summed E-state index contributed by atoms with van der Waals surface area (Å²) in [5.41, 5.74) is 3.35. The lowest BCUT2D eigenvalue weighted by molar-refractivity contribution is -0.354. The molecule has 0 amide bonds. The van der Waals surface area contributed by atoms with Crippen LogP contribution < -0.4 is 5.56 Å². The molecule has 3 aromatic carbocycles. The van der Waals surface area contributed by atoms with Crippen LogP contribution in [-0.2, 0) is 18.9 Å². The van der Waals surface area contributed by atoms with Crippen LogP contribution in [0, 0.1) is 20.8 Å². The first-order chi connectivity index (χ1) is 26.2. The minimum atomic E-state index is -1.94. The number of H-pyrrole nitrogens is 1. The van der Waals surface area contributed by atoms with Gasteiger partial charge in [0.2, 0.25) is 6.29 Å². The number of ether oxygens (including phenoxy) is 4. The van der Waals surface area contributed by atoms with Crippen LogP contribution in [0.25, 0.3) is 16.8 Å². The van der Waals surface area contributed by atoms with Crippen LogP contribution in [0.5, 0.6) is 5.75 Å². The number of hydrogen-bond donors (Lipinski definition) is 9. The lowest BCUT2D eigenvalue weighted by atomic mass is 9.97. The van der Waals surface area contributed by atoms with Gasteiger partial charge in [0.25, 0.3) is 5.56 Å². The van der Waals surface area contributed by atoms with Crippen molar-refractivity contribution in [2.75, 3.05) is 13.2 Å². The Kier molecular flexibility index (Phi) is 11.9. The average molecular weight is 767 g/mol. The fourth-order valence-corrected chi connectivity index (χ4v) is 6.29. The lowest BCUT2D eigenvalue weighted by Gasteiger charge is -2.45. The highest BCUT2D eigenvalue weighted by molar-refractivity contribution is 5.92. The first kappa shape index (κ1) is 39.8. The van der Waals surface area contributed by atoms with Crippen molar-refractivity contribution in [3.05, 3.63) is 93.4 Å². The fraction of sp³-hybridized carbons (Fsp3) is 0.405. The monoisotopic (exact) mass is 766 g/mol. The molecule has 2 aliphatic heterocycles. The van der Waals surface area contributed by atoms with Crippen LogP contribution in [-0.4, -0.2) is 131 Å². The van der Waals surface area contributed by atoms with Crippen molar-refractivity contribution in [1.82, 2.24) is 9.78 Å². The molecule has 55 heavy (non-hydrogen) atoms. The molecule has 294 valence electrons. The molecule has 0 spiro atoms. The minimum Gasteiger partial charge on any atom is -0.505 e. The molecular formula is C37H42N4O14. The van der Waals surface area contributed by atoms with Crippen LogP contribution in [0.15, 0.2) is 75.7 Å². The number of hydrogen-bond acceptors (Lipinski definition) is 16. The molecule has 0 radical (unpaired) electrons. The Hall–Kier alpha value is -4.86. The number of phenolic OH excluding ortho intramolecular Hbond substituents is 1. The number of aromatic nitrogens is 2. The van der Waals surface area contributed by atoms with Crippen molar-refractivity contribution < 1.29 is 64.6 Å². The predicted molar refractivity (Wildman–Crippen MR) is 190 cm³/mol. The Morgan fingerprint density at radius 1 is 0.800 bits per heavy atom. The summed E-state index contributed by atoms with van der Waals surface area (Å²) in [6, 6.07) is 16.1. The molecule has 1 aromatic heterocycles. The number of aromatic amines is 1. The number of carbonyl (C=O) groups excluding carboxylic acids is 1. The molecule has 0 saturated carbocycles. The second kappa shape index (κ2) is 16.5. The van der Waals surface area contributed by atoms with E-state index in [-0.39, 0.29) is 28.3 Å². The van der Waals surface area contributed by atoms with E-state index in [1.165, 1.54) is 28.9 Å². The van der Waals surface area contributed by atoms with Crippen LogP contribution in [0.1, 0.15) is 27.2 Å². The molecule has 6 rings (SSSR count). The van der Waals surface area contributed by atoms with Gasteiger partial charge in [0.15, 0.2) is 17.7 Å². The van der Waals surface area contributed by atoms with Crippen LogP contribution >= 0.6 is 0 Å². The maximum Gasteiger partial charge on any atom is 0.340 e. The van der Waals surface area contributed by atoms with Gasteiger partial charge in [0.1, 0.15) is 54.5 Å². The number of aryl methyl sites for hydroxylation is 3. The molecule has 18 heteroatoms. The Balaban J connectivity index is 1.16. The highest BCUT2D eigenvalue weighted by Crippen LogP contribution is 2.38. The van der Waals surface area contributed by atoms with Crippen molar-refractivity contribution in [3.8, 4) is 22.6 Å². The summed E-state index contributed by atoms with van der Waals surface area (Å²) in [6.45, 7) is 4.01. The average Bonchev–Trinajstić information content (AvgIpc) is 3.46. The van der Waals surface area contributed by atoms with E-state index in [1.54, 1.807) is 31.2 Å². The van der Waals surface area contributed by atoms with Gasteiger partial charge < -0.3 is 59.8 Å². The number of para-hydroxylation sites is 1. The van der Waals surface area contributed by atoms with Gasteiger partial charge in [-0.1, -0.05) is 30.3 Å². The molecule has 10 atom stereocenters. The normalized spacial score (nSPS) is 28.4. The second-order valence-electron chi connectivity index (χ2n) is 13.4. The van der Waals surface area contributed by atoms with Crippen molar-refractivity contribution in [1.29, 1.82) is 0 Å².